The standard InChI is InChI=1S/C24H30N4O3S.C14H11ClN2O2S.C10H20N2O.2ClH/c1-2-31-21(29)14-16-3-8-20-19(13-16)22-23(25-15-26-24(22)32-20)27-17-4-6-18(7-5-17)28-9-11-30-12-10-28;1-2-19-11(18)6-8-3-4-10-9(5-8)12-13(15)16-7-17-14(12)20-10;11-9-1-3-10(4-2-9)12-5-7-13-8-6-12;;/h3,8,13,15,17-18H,2,4-7,9-12,14H2,1H3,(H,25,26,27);3-5,7H,2,6H2,1H3;9-10H,1-8,11H2;2*1H. The van der Waals surface area contributed by atoms with E-state index in [2.05, 4.69) is 47.2 Å². The number of hydrogen-bond acceptors (Lipinski definition) is 16. The number of hydrogen-bond donors (Lipinski definition) is 2. The molecule has 2 aliphatic heterocycles. The Kier molecular flexibility index (Phi) is 20.4. The average molecular weight is 1020 g/mol. The van der Waals surface area contributed by atoms with E-state index in [4.69, 9.17) is 36.3 Å². The number of halogens is 3. The van der Waals surface area contributed by atoms with Gasteiger partial charge in [-0.05, 0) is 101 Å². The molecule has 10 rings (SSSR count). The van der Waals surface area contributed by atoms with Crippen LogP contribution in [0.4, 0.5) is 5.82 Å². The van der Waals surface area contributed by atoms with Crippen molar-refractivity contribution in [2.75, 3.05) is 71.1 Å². The fourth-order valence-corrected chi connectivity index (χ4v) is 11.8. The Labute approximate surface area is 417 Å². The number of nitrogens with two attached hydrogens (primary N) is 1. The number of fused-ring (bicyclic) bond motifs is 6. The van der Waals surface area contributed by atoms with Gasteiger partial charge in [0, 0.05) is 70.5 Å². The van der Waals surface area contributed by atoms with Gasteiger partial charge in [0.15, 0.2) is 0 Å². The summed E-state index contributed by atoms with van der Waals surface area (Å²) in [4.78, 5) is 47.9. The van der Waals surface area contributed by atoms with Gasteiger partial charge in [0.1, 0.15) is 33.3 Å². The number of nitrogens with zero attached hydrogens (tertiary/aromatic N) is 6. The lowest BCUT2D eigenvalue weighted by Crippen LogP contribution is -2.46. The lowest BCUT2D eigenvalue weighted by molar-refractivity contribution is -0.143. The number of nitrogens with one attached hydrogen (secondary N) is 1. The van der Waals surface area contributed by atoms with E-state index in [1.54, 1.807) is 35.9 Å². The van der Waals surface area contributed by atoms with Gasteiger partial charge in [-0.1, -0.05) is 23.7 Å². The van der Waals surface area contributed by atoms with Crippen molar-refractivity contribution in [1.29, 1.82) is 0 Å². The molecular weight excluding hydrogens is 955 g/mol. The first-order valence-corrected chi connectivity index (χ1v) is 25.2. The van der Waals surface area contributed by atoms with Crippen LogP contribution in [0.1, 0.15) is 76.3 Å². The summed E-state index contributed by atoms with van der Waals surface area (Å²) in [5.41, 5.74) is 7.74. The van der Waals surface area contributed by atoms with Crippen LogP contribution < -0.4 is 11.1 Å². The van der Waals surface area contributed by atoms with Crippen LogP contribution in [0.2, 0.25) is 5.15 Å². The molecule has 19 heteroatoms. The van der Waals surface area contributed by atoms with Crippen molar-refractivity contribution in [1.82, 2.24) is 29.7 Å². The highest BCUT2D eigenvalue weighted by Crippen LogP contribution is 2.39. The molecule has 6 heterocycles. The van der Waals surface area contributed by atoms with Crippen LogP contribution >= 0.6 is 59.1 Å². The van der Waals surface area contributed by atoms with Gasteiger partial charge in [-0.3, -0.25) is 19.4 Å². The van der Waals surface area contributed by atoms with Crippen LogP contribution in [0.5, 0.6) is 0 Å². The highest BCUT2D eigenvalue weighted by molar-refractivity contribution is 7.26. The van der Waals surface area contributed by atoms with Crippen LogP contribution in [0.15, 0.2) is 49.1 Å². The molecule has 6 aromatic rings. The lowest BCUT2D eigenvalue weighted by atomic mass is 9.90. The molecule has 2 aromatic carbocycles. The first kappa shape index (κ1) is 52.8. The molecule has 0 amide bonds. The summed E-state index contributed by atoms with van der Waals surface area (Å²) in [6.45, 7) is 12.3. The maximum Gasteiger partial charge on any atom is 0.310 e. The number of benzene rings is 2. The van der Waals surface area contributed by atoms with Gasteiger partial charge >= 0.3 is 11.9 Å². The zero-order chi connectivity index (χ0) is 45.1. The fourth-order valence-electron chi connectivity index (χ4n) is 9.49. The van der Waals surface area contributed by atoms with E-state index >= 15 is 0 Å². The largest absolute Gasteiger partial charge is 0.466 e. The van der Waals surface area contributed by atoms with Crippen molar-refractivity contribution in [3.8, 4) is 0 Å². The normalized spacial score (nSPS) is 21.3. The highest BCUT2D eigenvalue weighted by Gasteiger charge is 2.28. The van der Waals surface area contributed by atoms with Crippen LogP contribution in [0, 0.1) is 0 Å². The number of carbonyl (C=O) groups excluding carboxylic acids is 2. The van der Waals surface area contributed by atoms with E-state index in [1.807, 2.05) is 31.2 Å². The zero-order valence-corrected chi connectivity index (χ0v) is 42.3. The number of aromatic nitrogens is 4. The minimum atomic E-state index is -0.228. The molecule has 0 spiro atoms. The van der Waals surface area contributed by atoms with Gasteiger partial charge in [0.25, 0.3) is 0 Å². The monoisotopic (exact) mass is 1020 g/mol. The molecule has 2 saturated carbocycles. The second kappa shape index (κ2) is 25.9. The quantitative estimate of drug-likeness (QED) is 0.0986. The average Bonchev–Trinajstić information content (AvgIpc) is 3.90. The third-order valence-corrected chi connectivity index (χ3v) is 15.3. The van der Waals surface area contributed by atoms with Crippen molar-refractivity contribution >= 4 is 117 Å². The molecule has 0 bridgehead atoms. The summed E-state index contributed by atoms with van der Waals surface area (Å²) in [7, 11) is 0. The van der Waals surface area contributed by atoms with Crippen LogP contribution in [0.25, 0.3) is 40.6 Å². The molecule has 14 nitrogen and oxygen atoms in total. The van der Waals surface area contributed by atoms with Gasteiger partial charge < -0.3 is 30.0 Å². The first-order valence-electron chi connectivity index (χ1n) is 23.2. The number of esters is 2. The Balaban J connectivity index is 0.000000181. The van der Waals surface area contributed by atoms with Gasteiger partial charge in [0.2, 0.25) is 0 Å². The van der Waals surface area contributed by atoms with Crippen molar-refractivity contribution < 1.29 is 28.5 Å². The number of rotatable bonds is 10. The maximum absolute atomic E-state index is 12.0. The van der Waals surface area contributed by atoms with E-state index in [0.717, 1.165) is 129 Å². The fraction of sp³-hybridized carbons (Fsp3) is 0.542. The van der Waals surface area contributed by atoms with Gasteiger partial charge in [-0.15, -0.1) is 47.5 Å². The van der Waals surface area contributed by atoms with Gasteiger partial charge in [0.05, 0.1) is 63.3 Å². The topological polar surface area (TPSA) is 167 Å². The predicted molar refractivity (Wildman–Crippen MR) is 275 cm³/mol. The van der Waals surface area contributed by atoms with Crippen LogP contribution in [-0.2, 0) is 41.4 Å². The van der Waals surface area contributed by atoms with E-state index < -0.39 is 0 Å². The van der Waals surface area contributed by atoms with Crippen molar-refractivity contribution in [2.45, 2.75) is 102 Å². The first-order chi connectivity index (χ1) is 31.8. The number of anilines is 1. The molecule has 3 N–H and O–H groups in total. The summed E-state index contributed by atoms with van der Waals surface area (Å²) in [5, 5.41) is 8.17. The number of thiophene rings is 2. The van der Waals surface area contributed by atoms with E-state index in [-0.39, 0.29) is 49.6 Å². The summed E-state index contributed by atoms with van der Waals surface area (Å²) < 4.78 is 23.2. The Hall–Kier alpha value is -3.55. The molecule has 67 heavy (non-hydrogen) atoms. The molecule has 2 aliphatic carbocycles. The predicted octanol–water partition coefficient (Wildman–Crippen LogP) is 9.04. The minimum absolute atomic E-state index is 0. The van der Waals surface area contributed by atoms with E-state index in [0.29, 0.717) is 36.5 Å². The molecule has 2 saturated heterocycles. The Morgan fingerprint density at radius 1 is 0.687 bits per heavy atom. The molecule has 4 fully saturated rings. The summed E-state index contributed by atoms with van der Waals surface area (Å²) in [6.07, 6.45) is 13.4. The third-order valence-electron chi connectivity index (χ3n) is 12.8. The Morgan fingerprint density at radius 2 is 1.15 bits per heavy atom. The maximum atomic E-state index is 12.0. The zero-order valence-electron chi connectivity index (χ0n) is 38.3. The van der Waals surface area contributed by atoms with Crippen molar-refractivity contribution in [3.05, 3.63) is 65.3 Å². The van der Waals surface area contributed by atoms with Gasteiger partial charge in [-0.2, -0.15) is 0 Å². The second-order valence-corrected chi connectivity index (χ2v) is 19.5. The molecular formula is C48H63Cl3N8O6S2. The van der Waals surface area contributed by atoms with E-state index in [9.17, 15) is 9.59 Å². The summed E-state index contributed by atoms with van der Waals surface area (Å²) >= 11 is 9.38. The van der Waals surface area contributed by atoms with Crippen LogP contribution in [-0.4, -0.2) is 132 Å². The Morgan fingerprint density at radius 3 is 1.66 bits per heavy atom. The van der Waals surface area contributed by atoms with E-state index in [1.165, 1.54) is 44.9 Å². The smallest absolute Gasteiger partial charge is 0.310 e. The molecule has 364 valence electrons. The highest BCUT2D eigenvalue weighted by atomic mass is 35.5. The van der Waals surface area contributed by atoms with Crippen molar-refractivity contribution in [3.63, 3.8) is 0 Å². The van der Waals surface area contributed by atoms with Crippen LogP contribution in [0.3, 0.4) is 0 Å². The lowest BCUT2D eigenvalue weighted by Gasteiger charge is -2.39. The molecule has 4 aliphatic rings. The third kappa shape index (κ3) is 13.8. The van der Waals surface area contributed by atoms with Crippen molar-refractivity contribution in [2.24, 2.45) is 5.73 Å². The molecule has 4 aromatic heterocycles. The summed E-state index contributed by atoms with van der Waals surface area (Å²) in [6, 6.07) is 14.4. The van der Waals surface area contributed by atoms with Gasteiger partial charge in [-0.25, -0.2) is 19.9 Å². The number of carbonyl (C=O) groups is 2. The number of morpholine rings is 2. The molecule has 0 unspecified atom stereocenters. The molecule has 0 atom stereocenters. The SMILES string of the molecule is CCOC(=O)Cc1ccc2sc3ncnc(Cl)c3c2c1.CCOC(=O)Cc1ccc2sc3ncnc(NC4CCC(N5CCOCC5)CC4)c3c2c1.Cl.Cl.NC1CCC(N2CCOCC2)CC1. The second-order valence-electron chi connectivity index (χ2n) is 17.1. The Bertz CT molecular complexity index is 2520. The minimum Gasteiger partial charge on any atom is -0.466 e. The molecule has 0 radical (unpaired) electrons. The number of ether oxygens (including phenoxy) is 4. The summed E-state index contributed by atoms with van der Waals surface area (Å²) in [5.74, 6) is 0.483.